The van der Waals surface area contributed by atoms with E-state index in [9.17, 15) is 0 Å². The molecule has 0 fully saturated rings. The molecule has 0 aliphatic carbocycles. The number of guanidine groups is 1. The van der Waals surface area contributed by atoms with E-state index in [4.69, 9.17) is 14.2 Å². The average Bonchev–Trinajstić information content (AvgIpc) is 3.24. The van der Waals surface area contributed by atoms with Gasteiger partial charge in [-0.05, 0) is 39.8 Å². The molecule has 0 amide bonds. The van der Waals surface area contributed by atoms with E-state index in [0.29, 0.717) is 26.3 Å². The molecule has 2 heterocycles. The summed E-state index contributed by atoms with van der Waals surface area (Å²) in [5, 5.41) is 11.4. The number of nitrogens with one attached hydrogen (secondary N) is 2. The molecule has 31 heavy (non-hydrogen) atoms. The Balaban J connectivity index is 1.64. The number of nitrogens with zero attached hydrogens (tertiary/aromatic N) is 3. The van der Waals surface area contributed by atoms with Gasteiger partial charge < -0.3 is 24.8 Å². The van der Waals surface area contributed by atoms with Crippen LogP contribution in [-0.4, -0.2) is 49.2 Å². The van der Waals surface area contributed by atoms with Gasteiger partial charge in [-0.2, -0.15) is 5.10 Å². The number of hydrogen-bond donors (Lipinski definition) is 2. The van der Waals surface area contributed by atoms with Crippen LogP contribution in [0, 0.1) is 13.8 Å². The van der Waals surface area contributed by atoms with Gasteiger partial charge in [0.25, 0.3) is 0 Å². The Hall–Kier alpha value is -2.74. The van der Waals surface area contributed by atoms with E-state index in [2.05, 4.69) is 46.7 Å². The van der Waals surface area contributed by atoms with E-state index < -0.39 is 0 Å². The summed E-state index contributed by atoms with van der Waals surface area (Å²) < 4.78 is 19.0. The van der Waals surface area contributed by atoms with Crippen LogP contribution in [-0.2, 0) is 30.8 Å². The molecule has 3 rings (SSSR count). The number of methoxy groups -OCH3 is 1. The molecule has 1 aromatic heterocycles. The van der Waals surface area contributed by atoms with Crippen LogP contribution in [0.4, 0.5) is 0 Å². The minimum Gasteiger partial charge on any atom is -0.494 e. The van der Waals surface area contributed by atoms with Crippen molar-refractivity contribution >= 4 is 5.96 Å². The smallest absolute Gasteiger partial charge is 0.191 e. The Labute approximate surface area is 185 Å². The molecule has 1 aliphatic heterocycles. The number of benzene rings is 1. The van der Waals surface area contributed by atoms with Gasteiger partial charge in [-0.1, -0.05) is 0 Å². The third kappa shape index (κ3) is 5.50. The molecule has 170 valence electrons. The summed E-state index contributed by atoms with van der Waals surface area (Å²) in [4.78, 5) is 4.37. The highest BCUT2D eigenvalue weighted by Gasteiger charge is 2.22. The van der Waals surface area contributed by atoms with E-state index >= 15 is 0 Å². The monoisotopic (exact) mass is 429 g/mol. The van der Waals surface area contributed by atoms with Crippen molar-refractivity contribution in [2.24, 2.45) is 4.99 Å². The van der Waals surface area contributed by atoms with Gasteiger partial charge in [-0.15, -0.1) is 0 Å². The summed E-state index contributed by atoms with van der Waals surface area (Å²) in [6, 6.07) is 4.19. The second-order valence-electron chi connectivity index (χ2n) is 7.78. The van der Waals surface area contributed by atoms with Crippen molar-refractivity contribution in [3.8, 4) is 11.5 Å². The molecule has 1 unspecified atom stereocenters. The van der Waals surface area contributed by atoms with Crippen molar-refractivity contribution in [1.82, 2.24) is 20.4 Å². The SMILES string of the molecule is CCOc1cc2c(cc1CNC(=NC)NCc1c(C)nn(CCOC)c1C)OC(C)C2. The Bertz CT molecular complexity index is 922. The minimum absolute atomic E-state index is 0.207. The number of rotatable bonds is 9. The van der Waals surface area contributed by atoms with Gasteiger partial charge in [0.15, 0.2) is 5.96 Å². The van der Waals surface area contributed by atoms with Gasteiger partial charge in [-0.25, -0.2) is 0 Å². The number of hydrogen-bond acceptors (Lipinski definition) is 5. The Morgan fingerprint density at radius 3 is 2.77 bits per heavy atom. The molecule has 0 saturated carbocycles. The standard InChI is InChI=1S/C23H35N5O3/c1-7-30-21-11-18-10-15(2)31-22(18)12-19(21)13-25-23(24-5)26-14-20-16(3)27-28(17(20)4)8-9-29-6/h11-12,15H,7-10,13-14H2,1-6H3,(H2,24,25,26). The zero-order valence-electron chi connectivity index (χ0n) is 19.5. The molecule has 8 heteroatoms. The van der Waals surface area contributed by atoms with Crippen molar-refractivity contribution in [1.29, 1.82) is 0 Å². The van der Waals surface area contributed by atoms with Crippen LogP contribution in [0.1, 0.15) is 41.9 Å². The Kier molecular flexibility index (Phi) is 7.79. The summed E-state index contributed by atoms with van der Waals surface area (Å²) in [5.74, 6) is 2.57. The predicted octanol–water partition coefficient (Wildman–Crippen LogP) is 2.73. The fourth-order valence-electron chi connectivity index (χ4n) is 3.87. The third-order valence-corrected chi connectivity index (χ3v) is 5.52. The van der Waals surface area contributed by atoms with Crippen LogP contribution in [0.25, 0.3) is 0 Å². The van der Waals surface area contributed by atoms with Crippen LogP contribution < -0.4 is 20.1 Å². The van der Waals surface area contributed by atoms with Gasteiger partial charge in [0.2, 0.25) is 0 Å². The zero-order chi connectivity index (χ0) is 22.4. The summed E-state index contributed by atoms with van der Waals surface area (Å²) in [6.45, 7) is 11.5. The summed E-state index contributed by atoms with van der Waals surface area (Å²) in [5.41, 5.74) is 5.59. The van der Waals surface area contributed by atoms with Crippen molar-refractivity contribution in [3.63, 3.8) is 0 Å². The van der Waals surface area contributed by atoms with E-state index in [1.807, 2.05) is 18.5 Å². The molecular formula is C23H35N5O3. The maximum atomic E-state index is 5.93. The highest BCUT2D eigenvalue weighted by Crippen LogP contribution is 2.35. The molecule has 1 atom stereocenters. The average molecular weight is 430 g/mol. The maximum Gasteiger partial charge on any atom is 0.191 e. The summed E-state index contributed by atoms with van der Waals surface area (Å²) in [7, 11) is 3.47. The number of ether oxygens (including phenoxy) is 3. The topological polar surface area (TPSA) is 81.9 Å². The van der Waals surface area contributed by atoms with Gasteiger partial charge >= 0.3 is 0 Å². The number of aromatic nitrogens is 2. The normalized spacial score (nSPS) is 15.5. The second kappa shape index (κ2) is 10.5. The minimum atomic E-state index is 0.207. The molecule has 1 aromatic carbocycles. The fraction of sp³-hybridized carbons (Fsp3) is 0.565. The second-order valence-corrected chi connectivity index (χ2v) is 7.78. The van der Waals surface area contributed by atoms with E-state index in [1.54, 1.807) is 14.2 Å². The molecule has 0 radical (unpaired) electrons. The lowest BCUT2D eigenvalue weighted by molar-refractivity contribution is 0.182. The van der Waals surface area contributed by atoms with Gasteiger partial charge in [-0.3, -0.25) is 9.67 Å². The Morgan fingerprint density at radius 2 is 2.06 bits per heavy atom. The zero-order valence-corrected chi connectivity index (χ0v) is 19.5. The molecule has 2 aromatic rings. The van der Waals surface area contributed by atoms with Gasteiger partial charge in [0.05, 0.1) is 25.5 Å². The molecular weight excluding hydrogens is 394 g/mol. The van der Waals surface area contributed by atoms with Crippen LogP contribution >= 0.6 is 0 Å². The van der Waals surface area contributed by atoms with Crippen molar-refractivity contribution in [2.75, 3.05) is 27.4 Å². The molecule has 2 N–H and O–H groups in total. The summed E-state index contributed by atoms with van der Waals surface area (Å²) in [6.07, 6.45) is 1.13. The van der Waals surface area contributed by atoms with Crippen LogP contribution in [0.2, 0.25) is 0 Å². The van der Waals surface area contributed by atoms with Crippen LogP contribution in [0.3, 0.4) is 0 Å². The summed E-state index contributed by atoms with van der Waals surface area (Å²) >= 11 is 0. The number of aryl methyl sites for hydroxylation is 1. The van der Waals surface area contributed by atoms with Gasteiger partial charge in [0, 0.05) is 56.1 Å². The maximum absolute atomic E-state index is 5.93. The molecule has 0 spiro atoms. The highest BCUT2D eigenvalue weighted by molar-refractivity contribution is 5.79. The van der Waals surface area contributed by atoms with E-state index in [1.165, 1.54) is 11.1 Å². The molecule has 8 nitrogen and oxygen atoms in total. The van der Waals surface area contributed by atoms with E-state index in [0.717, 1.165) is 47.4 Å². The molecule has 0 bridgehead atoms. The first-order valence-corrected chi connectivity index (χ1v) is 10.9. The first-order chi connectivity index (χ1) is 15.0. The molecule has 1 aliphatic rings. The fourth-order valence-corrected chi connectivity index (χ4v) is 3.87. The highest BCUT2D eigenvalue weighted by atomic mass is 16.5. The number of fused-ring (bicyclic) bond motifs is 1. The first kappa shape index (κ1) is 22.9. The van der Waals surface area contributed by atoms with Gasteiger partial charge in [0.1, 0.15) is 17.6 Å². The third-order valence-electron chi connectivity index (χ3n) is 5.52. The largest absolute Gasteiger partial charge is 0.494 e. The van der Waals surface area contributed by atoms with Crippen LogP contribution in [0.5, 0.6) is 11.5 Å². The molecule has 0 saturated heterocycles. The quantitative estimate of drug-likeness (QED) is 0.471. The van der Waals surface area contributed by atoms with Crippen LogP contribution in [0.15, 0.2) is 17.1 Å². The lowest BCUT2D eigenvalue weighted by Gasteiger charge is -2.16. The first-order valence-electron chi connectivity index (χ1n) is 10.9. The predicted molar refractivity (Wildman–Crippen MR) is 122 cm³/mol. The van der Waals surface area contributed by atoms with Crippen molar-refractivity contribution < 1.29 is 14.2 Å². The van der Waals surface area contributed by atoms with Crippen molar-refractivity contribution in [2.45, 2.75) is 59.9 Å². The van der Waals surface area contributed by atoms with Crippen molar-refractivity contribution in [3.05, 3.63) is 40.2 Å². The van der Waals surface area contributed by atoms with E-state index in [-0.39, 0.29) is 6.10 Å². The lowest BCUT2D eigenvalue weighted by Crippen LogP contribution is -2.36. The Morgan fingerprint density at radius 1 is 1.29 bits per heavy atom. The lowest BCUT2D eigenvalue weighted by atomic mass is 10.1. The number of aliphatic imine (C=N–C) groups is 1.